The Morgan fingerprint density at radius 3 is 2.52 bits per heavy atom. The molecule has 0 radical (unpaired) electrons. The van der Waals surface area contributed by atoms with Crippen LogP contribution in [0.4, 0.5) is 5.69 Å². The normalized spacial score (nSPS) is 10.4. The Labute approximate surface area is 150 Å². The van der Waals surface area contributed by atoms with Crippen molar-refractivity contribution in [3.05, 3.63) is 59.1 Å². The molecule has 25 heavy (non-hydrogen) atoms. The highest BCUT2D eigenvalue weighted by molar-refractivity contribution is 7.15. The number of nitrogens with zero attached hydrogens (tertiary/aromatic N) is 1. The van der Waals surface area contributed by atoms with Crippen LogP contribution in [0.15, 0.2) is 48.5 Å². The number of hydrogen-bond acceptors (Lipinski definition) is 5. The quantitative estimate of drug-likeness (QED) is 0.738. The van der Waals surface area contributed by atoms with Crippen LogP contribution in [-0.4, -0.2) is 25.1 Å². The van der Waals surface area contributed by atoms with Crippen LogP contribution in [0.1, 0.15) is 15.4 Å². The zero-order valence-corrected chi connectivity index (χ0v) is 15.0. The Morgan fingerprint density at radius 1 is 1.08 bits per heavy atom. The summed E-state index contributed by atoms with van der Waals surface area (Å²) in [6.45, 7) is 1.89. The van der Waals surface area contributed by atoms with E-state index in [1.165, 1.54) is 11.3 Å². The van der Waals surface area contributed by atoms with Crippen LogP contribution in [0, 0.1) is 6.92 Å². The molecule has 2 aromatic carbocycles. The summed E-state index contributed by atoms with van der Waals surface area (Å²) in [5.41, 5.74) is 1.99. The van der Waals surface area contributed by atoms with Crippen molar-refractivity contribution in [1.82, 2.24) is 4.98 Å². The monoisotopic (exact) mass is 354 g/mol. The Balaban J connectivity index is 1.86. The van der Waals surface area contributed by atoms with Gasteiger partial charge >= 0.3 is 0 Å². The number of carbonyl (C=O) groups is 1. The summed E-state index contributed by atoms with van der Waals surface area (Å²) >= 11 is 1.50. The number of anilines is 1. The van der Waals surface area contributed by atoms with Gasteiger partial charge in [0.05, 0.1) is 19.9 Å². The van der Waals surface area contributed by atoms with Crippen molar-refractivity contribution >= 4 is 22.9 Å². The van der Waals surface area contributed by atoms with Gasteiger partial charge in [-0.1, -0.05) is 30.3 Å². The summed E-state index contributed by atoms with van der Waals surface area (Å²) in [5, 5.41) is 3.68. The van der Waals surface area contributed by atoms with Crippen molar-refractivity contribution in [3.8, 4) is 22.1 Å². The van der Waals surface area contributed by atoms with Crippen LogP contribution in [0.5, 0.6) is 11.5 Å². The molecule has 5 nitrogen and oxygen atoms in total. The van der Waals surface area contributed by atoms with E-state index in [0.717, 1.165) is 15.4 Å². The average Bonchev–Trinajstić information content (AvgIpc) is 3.04. The predicted molar refractivity (Wildman–Crippen MR) is 99.8 cm³/mol. The van der Waals surface area contributed by atoms with E-state index in [0.29, 0.717) is 22.9 Å². The summed E-state index contributed by atoms with van der Waals surface area (Å²) in [4.78, 5) is 18.0. The van der Waals surface area contributed by atoms with Gasteiger partial charge in [-0.3, -0.25) is 4.79 Å². The van der Waals surface area contributed by atoms with Gasteiger partial charge in [-0.05, 0) is 19.1 Å². The molecule has 0 spiro atoms. The van der Waals surface area contributed by atoms with Gasteiger partial charge < -0.3 is 14.8 Å². The molecule has 1 N–H and O–H groups in total. The Hall–Kier alpha value is -2.86. The third-order valence-electron chi connectivity index (χ3n) is 3.69. The maximum atomic E-state index is 12.6. The first kappa shape index (κ1) is 17.0. The summed E-state index contributed by atoms with van der Waals surface area (Å²) < 4.78 is 10.5. The van der Waals surface area contributed by atoms with E-state index in [9.17, 15) is 4.79 Å². The van der Waals surface area contributed by atoms with Crippen molar-refractivity contribution in [2.45, 2.75) is 6.92 Å². The second-order valence-corrected chi connectivity index (χ2v) is 6.51. The fraction of sp³-hybridized carbons (Fsp3) is 0.158. The summed E-state index contributed by atoms with van der Waals surface area (Å²) in [7, 11) is 3.13. The van der Waals surface area contributed by atoms with Crippen LogP contribution in [-0.2, 0) is 0 Å². The molecule has 0 aliphatic heterocycles. The summed E-state index contributed by atoms with van der Waals surface area (Å²) in [5.74, 6) is 0.925. The maximum absolute atomic E-state index is 12.6. The molecule has 0 atom stereocenters. The standard InChI is InChI=1S/C19H18N2O3S/c1-12-17(21-19(25-12)13-7-5-4-6-8-13)18(22)20-15-10-9-14(23-2)11-16(15)24-3/h4-11H,1-3H3,(H,20,22). The number of amides is 1. The average molecular weight is 354 g/mol. The van der Waals surface area contributed by atoms with Gasteiger partial charge in [0, 0.05) is 16.5 Å². The first-order chi connectivity index (χ1) is 12.1. The van der Waals surface area contributed by atoms with E-state index >= 15 is 0 Å². The zero-order valence-electron chi connectivity index (χ0n) is 14.2. The number of hydrogen-bond donors (Lipinski definition) is 1. The van der Waals surface area contributed by atoms with Gasteiger partial charge in [0.1, 0.15) is 22.2 Å². The molecule has 0 aliphatic carbocycles. The van der Waals surface area contributed by atoms with Gasteiger partial charge in [0.25, 0.3) is 5.91 Å². The molecule has 0 saturated carbocycles. The van der Waals surface area contributed by atoms with E-state index in [1.807, 2.05) is 37.3 Å². The van der Waals surface area contributed by atoms with E-state index in [2.05, 4.69) is 10.3 Å². The summed E-state index contributed by atoms with van der Waals surface area (Å²) in [6.07, 6.45) is 0. The lowest BCUT2D eigenvalue weighted by Crippen LogP contribution is -2.14. The van der Waals surface area contributed by atoms with E-state index < -0.39 is 0 Å². The fourth-order valence-electron chi connectivity index (χ4n) is 2.39. The Morgan fingerprint density at radius 2 is 1.84 bits per heavy atom. The number of ether oxygens (including phenoxy) is 2. The second kappa shape index (κ2) is 7.36. The van der Waals surface area contributed by atoms with Gasteiger partial charge in [-0.15, -0.1) is 11.3 Å². The maximum Gasteiger partial charge on any atom is 0.275 e. The highest BCUT2D eigenvalue weighted by atomic mass is 32.1. The fourth-order valence-corrected chi connectivity index (χ4v) is 3.31. The molecule has 3 aromatic rings. The minimum absolute atomic E-state index is 0.264. The van der Waals surface area contributed by atoms with Gasteiger partial charge in [-0.2, -0.15) is 0 Å². The lowest BCUT2D eigenvalue weighted by Gasteiger charge is -2.11. The number of methoxy groups -OCH3 is 2. The topological polar surface area (TPSA) is 60.5 Å². The largest absolute Gasteiger partial charge is 0.497 e. The molecule has 0 saturated heterocycles. The van der Waals surface area contributed by atoms with Gasteiger partial charge in [0.15, 0.2) is 0 Å². The number of carbonyl (C=O) groups excluding carboxylic acids is 1. The van der Waals surface area contributed by atoms with E-state index in [-0.39, 0.29) is 5.91 Å². The van der Waals surface area contributed by atoms with E-state index in [4.69, 9.17) is 9.47 Å². The molecule has 1 aromatic heterocycles. The lowest BCUT2D eigenvalue weighted by atomic mass is 10.2. The Bertz CT molecular complexity index is 891. The molecular weight excluding hydrogens is 336 g/mol. The minimum Gasteiger partial charge on any atom is -0.497 e. The molecule has 0 unspecified atom stereocenters. The smallest absolute Gasteiger partial charge is 0.275 e. The predicted octanol–water partition coefficient (Wildman–Crippen LogP) is 4.39. The van der Waals surface area contributed by atoms with Crippen molar-refractivity contribution in [2.24, 2.45) is 0 Å². The molecule has 0 bridgehead atoms. The zero-order chi connectivity index (χ0) is 17.8. The summed E-state index contributed by atoms with van der Waals surface area (Å²) in [6, 6.07) is 15.0. The first-order valence-corrected chi connectivity index (χ1v) is 8.50. The van der Waals surface area contributed by atoms with Crippen molar-refractivity contribution in [2.75, 3.05) is 19.5 Å². The number of aryl methyl sites for hydroxylation is 1. The lowest BCUT2D eigenvalue weighted by molar-refractivity contribution is 0.102. The van der Waals surface area contributed by atoms with Crippen LogP contribution < -0.4 is 14.8 Å². The van der Waals surface area contributed by atoms with Crippen molar-refractivity contribution in [1.29, 1.82) is 0 Å². The molecule has 6 heteroatoms. The number of nitrogens with one attached hydrogen (secondary N) is 1. The molecule has 3 rings (SSSR count). The molecular formula is C19H18N2O3S. The van der Waals surface area contributed by atoms with E-state index in [1.54, 1.807) is 32.4 Å². The Kier molecular flexibility index (Phi) is 5.00. The minimum atomic E-state index is -0.264. The van der Waals surface area contributed by atoms with Crippen molar-refractivity contribution < 1.29 is 14.3 Å². The molecule has 128 valence electrons. The van der Waals surface area contributed by atoms with Crippen molar-refractivity contribution in [3.63, 3.8) is 0 Å². The van der Waals surface area contributed by atoms with Gasteiger partial charge in [0.2, 0.25) is 0 Å². The number of benzene rings is 2. The van der Waals surface area contributed by atoms with Gasteiger partial charge in [-0.25, -0.2) is 4.98 Å². The highest BCUT2D eigenvalue weighted by Crippen LogP contribution is 2.31. The molecule has 0 aliphatic rings. The van der Waals surface area contributed by atoms with Crippen LogP contribution in [0.2, 0.25) is 0 Å². The molecule has 0 fully saturated rings. The first-order valence-electron chi connectivity index (χ1n) is 7.68. The SMILES string of the molecule is COc1ccc(NC(=O)c2nc(-c3ccccc3)sc2C)c(OC)c1. The number of rotatable bonds is 5. The molecule has 1 amide bonds. The van der Waals surface area contributed by atoms with Crippen LogP contribution >= 0.6 is 11.3 Å². The number of thiazole rings is 1. The van der Waals surface area contributed by atoms with Crippen LogP contribution in [0.3, 0.4) is 0 Å². The molecule has 1 heterocycles. The van der Waals surface area contributed by atoms with Crippen LogP contribution in [0.25, 0.3) is 10.6 Å². The number of aromatic nitrogens is 1. The third-order valence-corrected chi connectivity index (χ3v) is 4.71. The highest BCUT2D eigenvalue weighted by Gasteiger charge is 2.18. The second-order valence-electron chi connectivity index (χ2n) is 5.31. The third kappa shape index (κ3) is 3.64.